The summed E-state index contributed by atoms with van der Waals surface area (Å²) in [6, 6.07) is 14.7. The van der Waals surface area contributed by atoms with Crippen molar-refractivity contribution in [2.45, 2.75) is 25.9 Å². The molecule has 1 atom stereocenters. The molecule has 1 fully saturated rings. The Morgan fingerprint density at radius 1 is 1.08 bits per heavy atom. The molecular formula is C19H21NO4. The SMILES string of the molecule is CCOc1ccc(Oc2ccc(NC(=O)[C@H]3CCCO3)cc2)cc1. The monoisotopic (exact) mass is 327 g/mol. The van der Waals surface area contributed by atoms with Gasteiger partial charge in [0.25, 0.3) is 5.91 Å². The van der Waals surface area contributed by atoms with Crippen molar-refractivity contribution >= 4 is 11.6 Å². The van der Waals surface area contributed by atoms with E-state index in [9.17, 15) is 4.79 Å². The molecule has 1 aliphatic rings. The van der Waals surface area contributed by atoms with E-state index in [1.54, 1.807) is 0 Å². The van der Waals surface area contributed by atoms with Crippen molar-refractivity contribution in [2.24, 2.45) is 0 Å². The number of anilines is 1. The quantitative estimate of drug-likeness (QED) is 0.871. The maximum Gasteiger partial charge on any atom is 0.253 e. The van der Waals surface area contributed by atoms with Crippen molar-refractivity contribution in [3.63, 3.8) is 0 Å². The van der Waals surface area contributed by atoms with Gasteiger partial charge in [-0.2, -0.15) is 0 Å². The molecule has 126 valence electrons. The van der Waals surface area contributed by atoms with Crippen LogP contribution in [0.5, 0.6) is 17.2 Å². The second-order valence-corrected chi connectivity index (χ2v) is 5.52. The molecule has 0 spiro atoms. The number of benzene rings is 2. The summed E-state index contributed by atoms with van der Waals surface area (Å²) in [7, 11) is 0. The van der Waals surface area contributed by atoms with Gasteiger partial charge in [-0.3, -0.25) is 4.79 Å². The topological polar surface area (TPSA) is 56.8 Å². The van der Waals surface area contributed by atoms with Crippen molar-refractivity contribution in [3.05, 3.63) is 48.5 Å². The molecule has 0 bridgehead atoms. The summed E-state index contributed by atoms with van der Waals surface area (Å²) in [5, 5.41) is 2.86. The molecule has 0 radical (unpaired) electrons. The molecular weight excluding hydrogens is 306 g/mol. The van der Waals surface area contributed by atoms with E-state index >= 15 is 0 Å². The van der Waals surface area contributed by atoms with E-state index in [1.165, 1.54) is 0 Å². The molecule has 5 heteroatoms. The van der Waals surface area contributed by atoms with E-state index < -0.39 is 0 Å². The highest BCUT2D eigenvalue weighted by Gasteiger charge is 2.23. The number of hydrogen-bond acceptors (Lipinski definition) is 4. The Kier molecular flexibility index (Phi) is 5.33. The first kappa shape index (κ1) is 16.3. The molecule has 0 aliphatic carbocycles. The summed E-state index contributed by atoms with van der Waals surface area (Å²) >= 11 is 0. The van der Waals surface area contributed by atoms with Crippen LogP contribution in [0, 0.1) is 0 Å². The van der Waals surface area contributed by atoms with Crippen LogP contribution >= 0.6 is 0 Å². The van der Waals surface area contributed by atoms with Crippen LogP contribution in [0.4, 0.5) is 5.69 Å². The minimum absolute atomic E-state index is 0.0901. The number of nitrogens with one attached hydrogen (secondary N) is 1. The fraction of sp³-hybridized carbons (Fsp3) is 0.316. The predicted molar refractivity (Wildman–Crippen MR) is 91.7 cm³/mol. The van der Waals surface area contributed by atoms with Gasteiger partial charge in [0.05, 0.1) is 6.61 Å². The molecule has 0 saturated carbocycles. The van der Waals surface area contributed by atoms with E-state index in [4.69, 9.17) is 14.2 Å². The van der Waals surface area contributed by atoms with Crippen molar-refractivity contribution in [1.29, 1.82) is 0 Å². The Morgan fingerprint density at radius 3 is 2.29 bits per heavy atom. The van der Waals surface area contributed by atoms with Gasteiger partial charge in [-0.1, -0.05) is 0 Å². The van der Waals surface area contributed by atoms with E-state index in [2.05, 4.69) is 5.32 Å². The first-order chi connectivity index (χ1) is 11.7. The van der Waals surface area contributed by atoms with E-state index in [-0.39, 0.29) is 12.0 Å². The van der Waals surface area contributed by atoms with Gasteiger partial charge >= 0.3 is 0 Å². The maximum absolute atomic E-state index is 12.0. The van der Waals surface area contributed by atoms with Crippen molar-refractivity contribution in [1.82, 2.24) is 0 Å². The highest BCUT2D eigenvalue weighted by Crippen LogP contribution is 2.25. The standard InChI is InChI=1S/C19H21NO4/c1-2-22-15-9-11-17(12-10-15)24-16-7-5-14(6-8-16)20-19(21)18-4-3-13-23-18/h5-12,18H,2-4,13H2,1H3,(H,20,21)/t18-/m1/s1. The van der Waals surface area contributed by atoms with Crippen LogP contribution in [0.3, 0.4) is 0 Å². The molecule has 2 aromatic rings. The molecule has 1 N–H and O–H groups in total. The van der Waals surface area contributed by atoms with Crippen LogP contribution in [0.15, 0.2) is 48.5 Å². The lowest BCUT2D eigenvalue weighted by atomic mass is 10.2. The minimum atomic E-state index is -0.329. The summed E-state index contributed by atoms with van der Waals surface area (Å²) in [4.78, 5) is 12.0. The molecule has 3 rings (SSSR count). The highest BCUT2D eigenvalue weighted by atomic mass is 16.5. The molecule has 0 unspecified atom stereocenters. The van der Waals surface area contributed by atoms with Gasteiger partial charge in [0.1, 0.15) is 23.4 Å². The number of amides is 1. The number of rotatable bonds is 6. The van der Waals surface area contributed by atoms with Gasteiger partial charge in [0, 0.05) is 12.3 Å². The molecule has 0 aromatic heterocycles. The average molecular weight is 327 g/mol. The summed E-state index contributed by atoms with van der Waals surface area (Å²) < 4.78 is 16.5. The van der Waals surface area contributed by atoms with Crippen LogP contribution in [0.1, 0.15) is 19.8 Å². The third-order valence-corrected chi connectivity index (χ3v) is 3.71. The Bertz CT molecular complexity index is 661. The first-order valence-corrected chi connectivity index (χ1v) is 8.18. The molecule has 24 heavy (non-hydrogen) atoms. The third-order valence-electron chi connectivity index (χ3n) is 3.71. The Balaban J connectivity index is 1.56. The molecule has 1 saturated heterocycles. The lowest BCUT2D eigenvalue weighted by Gasteiger charge is -2.11. The Morgan fingerprint density at radius 2 is 1.71 bits per heavy atom. The zero-order chi connectivity index (χ0) is 16.8. The third kappa shape index (κ3) is 4.26. The summed E-state index contributed by atoms with van der Waals surface area (Å²) in [6.45, 7) is 3.25. The molecule has 1 aliphatic heterocycles. The summed E-state index contributed by atoms with van der Waals surface area (Å²) in [6.07, 6.45) is 1.39. The average Bonchev–Trinajstić information content (AvgIpc) is 3.13. The number of carbonyl (C=O) groups excluding carboxylic acids is 1. The molecule has 2 aromatic carbocycles. The molecule has 1 amide bonds. The lowest BCUT2D eigenvalue weighted by Crippen LogP contribution is -2.26. The van der Waals surface area contributed by atoms with Crippen LogP contribution in [0.25, 0.3) is 0 Å². The van der Waals surface area contributed by atoms with Gasteiger partial charge < -0.3 is 19.5 Å². The highest BCUT2D eigenvalue weighted by molar-refractivity contribution is 5.94. The predicted octanol–water partition coefficient (Wildman–Crippen LogP) is 4.00. The fourth-order valence-electron chi connectivity index (χ4n) is 2.52. The van der Waals surface area contributed by atoms with Gasteiger partial charge in [0.2, 0.25) is 0 Å². The fourth-order valence-corrected chi connectivity index (χ4v) is 2.52. The van der Waals surface area contributed by atoms with Crippen molar-refractivity contribution in [3.8, 4) is 17.2 Å². The normalized spacial score (nSPS) is 16.6. The minimum Gasteiger partial charge on any atom is -0.494 e. The second-order valence-electron chi connectivity index (χ2n) is 5.52. The Hall–Kier alpha value is -2.53. The first-order valence-electron chi connectivity index (χ1n) is 8.18. The zero-order valence-electron chi connectivity index (χ0n) is 13.7. The Labute approximate surface area is 141 Å². The van der Waals surface area contributed by atoms with Crippen LogP contribution in [-0.2, 0) is 9.53 Å². The second kappa shape index (κ2) is 7.84. The van der Waals surface area contributed by atoms with Gasteiger partial charge in [-0.15, -0.1) is 0 Å². The summed E-state index contributed by atoms with van der Waals surface area (Å²) in [5.74, 6) is 2.16. The van der Waals surface area contributed by atoms with E-state index in [1.807, 2.05) is 55.5 Å². The zero-order valence-corrected chi connectivity index (χ0v) is 13.7. The summed E-state index contributed by atoms with van der Waals surface area (Å²) in [5.41, 5.74) is 0.731. The largest absolute Gasteiger partial charge is 0.494 e. The van der Waals surface area contributed by atoms with E-state index in [0.29, 0.717) is 19.0 Å². The molecule has 5 nitrogen and oxygen atoms in total. The van der Waals surface area contributed by atoms with Crippen molar-refractivity contribution < 1.29 is 19.0 Å². The van der Waals surface area contributed by atoms with Gasteiger partial charge in [0.15, 0.2) is 0 Å². The maximum atomic E-state index is 12.0. The van der Waals surface area contributed by atoms with E-state index in [0.717, 1.165) is 30.0 Å². The molecule has 1 heterocycles. The van der Waals surface area contributed by atoms with Crippen molar-refractivity contribution in [2.75, 3.05) is 18.5 Å². The van der Waals surface area contributed by atoms with Gasteiger partial charge in [-0.05, 0) is 68.3 Å². The number of carbonyl (C=O) groups is 1. The lowest BCUT2D eigenvalue weighted by molar-refractivity contribution is -0.124. The van der Waals surface area contributed by atoms with Crippen LogP contribution in [-0.4, -0.2) is 25.2 Å². The number of hydrogen-bond donors (Lipinski definition) is 1. The number of ether oxygens (including phenoxy) is 3. The van der Waals surface area contributed by atoms with Crippen LogP contribution < -0.4 is 14.8 Å². The van der Waals surface area contributed by atoms with Gasteiger partial charge in [-0.25, -0.2) is 0 Å². The van der Waals surface area contributed by atoms with Crippen LogP contribution in [0.2, 0.25) is 0 Å². The smallest absolute Gasteiger partial charge is 0.253 e.